The van der Waals surface area contributed by atoms with Gasteiger partial charge in [-0.1, -0.05) is 40.9 Å². The summed E-state index contributed by atoms with van der Waals surface area (Å²) in [6, 6.07) is 2.50. The normalized spacial score (nSPS) is 12.0. The maximum atomic E-state index is 12.9. The van der Waals surface area contributed by atoms with Gasteiger partial charge in [0.1, 0.15) is 5.57 Å². The van der Waals surface area contributed by atoms with Crippen molar-refractivity contribution in [3.05, 3.63) is 51.6 Å². The van der Waals surface area contributed by atoms with Gasteiger partial charge in [-0.15, -0.1) is 6.58 Å². The molecule has 2 N–H and O–H groups in total. The third-order valence-electron chi connectivity index (χ3n) is 2.30. The van der Waals surface area contributed by atoms with Crippen molar-refractivity contribution in [1.82, 2.24) is 5.32 Å². The molecule has 0 radical (unpaired) electrons. The molecule has 0 spiro atoms. The largest absolute Gasteiger partial charge is 0.423 e. The lowest BCUT2D eigenvalue weighted by Gasteiger charge is -2.14. The van der Waals surface area contributed by atoms with Crippen molar-refractivity contribution in [3.63, 3.8) is 0 Å². The minimum atomic E-state index is -4.86. The zero-order valence-electron chi connectivity index (χ0n) is 10.9. The van der Waals surface area contributed by atoms with Gasteiger partial charge in [-0.25, -0.2) is 0 Å². The molecule has 0 saturated carbocycles. The Morgan fingerprint density at radius 1 is 1.23 bits per heavy atom. The summed E-state index contributed by atoms with van der Waals surface area (Å²) in [5.74, 6) is -1.41. The summed E-state index contributed by atoms with van der Waals surface area (Å²) in [7, 11) is 0. The fourth-order valence-electron chi connectivity index (χ4n) is 1.36. The monoisotopic (exact) mass is 372 g/mol. The van der Waals surface area contributed by atoms with Gasteiger partial charge in [0, 0.05) is 17.8 Å². The molecule has 0 aliphatic heterocycles. The highest BCUT2D eigenvalue weighted by molar-refractivity contribution is 6.42. The molecule has 0 bridgehead atoms. The second-order valence-corrected chi connectivity index (χ2v) is 5.20. The lowest BCUT2D eigenvalue weighted by Crippen LogP contribution is -2.28. The quantitative estimate of drug-likeness (QED) is 0.442. The lowest BCUT2D eigenvalue weighted by atomic mass is 10.2. The number of nitrogens with one attached hydrogen (secondary N) is 2. The van der Waals surface area contributed by atoms with Gasteiger partial charge in [-0.2, -0.15) is 13.2 Å². The van der Waals surface area contributed by atoms with E-state index >= 15 is 0 Å². The van der Waals surface area contributed by atoms with Gasteiger partial charge in [0.15, 0.2) is 0 Å². The average molecular weight is 374 g/mol. The van der Waals surface area contributed by atoms with Crippen molar-refractivity contribution >= 4 is 46.4 Å². The molecule has 0 saturated heterocycles. The number of halogens is 6. The molecule has 120 valence electrons. The Morgan fingerprint density at radius 2 is 1.77 bits per heavy atom. The number of anilines is 1. The maximum Gasteiger partial charge on any atom is 0.423 e. The molecule has 0 aliphatic carbocycles. The second-order valence-electron chi connectivity index (χ2n) is 3.95. The first-order chi connectivity index (χ1) is 10.2. The topological polar surface area (TPSA) is 41.1 Å². The highest BCUT2D eigenvalue weighted by Gasteiger charge is 2.39. The number of hydrogen-bond acceptors (Lipinski definition) is 2. The Kier molecular flexibility index (Phi) is 6.59. The van der Waals surface area contributed by atoms with Gasteiger partial charge in [0.05, 0.1) is 15.7 Å². The highest BCUT2D eigenvalue weighted by atomic mass is 35.5. The van der Waals surface area contributed by atoms with E-state index in [4.69, 9.17) is 34.8 Å². The van der Waals surface area contributed by atoms with Crippen LogP contribution in [-0.2, 0) is 4.79 Å². The third kappa shape index (κ3) is 5.12. The first kappa shape index (κ1) is 18.7. The number of amides is 1. The fourth-order valence-corrected chi connectivity index (χ4v) is 2.27. The van der Waals surface area contributed by atoms with Crippen molar-refractivity contribution in [1.29, 1.82) is 0 Å². The highest BCUT2D eigenvalue weighted by Crippen LogP contribution is 2.35. The van der Waals surface area contributed by atoms with Crippen molar-refractivity contribution in [3.8, 4) is 0 Å². The van der Waals surface area contributed by atoms with Crippen LogP contribution in [0.3, 0.4) is 0 Å². The maximum absolute atomic E-state index is 12.9. The molecular weight excluding hydrogens is 364 g/mol. The smallest absolute Gasteiger partial charge is 0.387 e. The van der Waals surface area contributed by atoms with E-state index in [1.165, 1.54) is 18.2 Å². The zero-order chi connectivity index (χ0) is 16.9. The molecular formula is C13H10Cl3F3N2O. The molecule has 0 aromatic heterocycles. The summed E-state index contributed by atoms with van der Waals surface area (Å²) in [5.41, 5.74) is -1.59. The van der Waals surface area contributed by atoms with Gasteiger partial charge >= 0.3 is 6.18 Å². The lowest BCUT2D eigenvalue weighted by molar-refractivity contribution is -0.126. The molecule has 1 amide bonds. The van der Waals surface area contributed by atoms with E-state index in [0.717, 1.165) is 0 Å². The molecule has 0 aliphatic rings. The van der Waals surface area contributed by atoms with Crippen LogP contribution in [0.25, 0.3) is 0 Å². The van der Waals surface area contributed by atoms with E-state index < -0.39 is 17.7 Å². The second kappa shape index (κ2) is 7.76. The molecule has 22 heavy (non-hydrogen) atoms. The number of benzene rings is 1. The molecule has 1 aromatic rings. The molecule has 1 rings (SSSR count). The fraction of sp³-hybridized carbons (Fsp3) is 0.154. The Bertz CT molecular complexity index is 592. The minimum absolute atomic E-state index is 0.0648. The number of alkyl halides is 3. The summed E-state index contributed by atoms with van der Waals surface area (Å²) in [4.78, 5) is 11.8. The van der Waals surface area contributed by atoms with Gasteiger partial charge in [0.25, 0.3) is 5.91 Å². The van der Waals surface area contributed by atoms with Gasteiger partial charge in [-0.05, 0) is 12.1 Å². The van der Waals surface area contributed by atoms with Crippen LogP contribution in [0.5, 0.6) is 0 Å². The number of carbonyl (C=O) groups is 1. The van der Waals surface area contributed by atoms with Crippen LogP contribution in [0.2, 0.25) is 15.1 Å². The number of carbonyl (C=O) groups excluding carboxylic acids is 1. The van der Waals surface area contributed by atoms with E-state index in [1.807, 2.05) is 5.32 Å². The summed E-state index contributed by atoms with van der Waals surface area (Å²) in [5, 5.41) is 4.35. The SMILES string of the molecule is C=CCN/C=C(\C(=O)Nc1c(Cl)cc(Cl)cc1Cl)C(F)(F)F. The molecule has 0 atom stereocenters. The van der Waals surface area contributed by atoms with E-state index in [0.29, 0.717) is 6.20 Å². The van der Waals surface area contributed by atoms with Crippen LogP contribution in [0, 0.1) is 0 Å². The first-order valence-electron chi connectivity index (χ1n) is 5.74. The average Bonchev–Trinajstić information content (AvgIpc) is 2.37. The molecule has 0 unspecified atom stereocenters. The number of hydrogen-bond donors (Lipinski definition) is 2. The predicted molar refractivity (Wildman–Crippen MR) is 82.4 cm³/mol. The van der Waals surface area contributed by atoms with E-state index in [1.54, 1.807) is 0 Å². The Balaban J connectivity index is 3.07. The van der Waals surface area contributed by atoms with Crippen LogP contribution in [0.15, 0.2) is 36.6 Å². The van der Waals surface area contributed by atoms with Crippen molar-refractivity contribution in [2.75, 3.05) is 11.9 Å². The van der Waals surface area contributed by atoms with Gasteiger partial charge in [0.2, 0.25) is 0 Å². The predicted octanol–water partition coefficient (Wildman–Crippen LogP) is 4.81. The Hall–Kier alpha value is -1.37. The van der Waals surface area contributed by atoms with Crippen LogP contribution < -0.4 is 10.6 Å². The first-order valence-corrected chi connectivity index (χ1v) is 6.87. The molecule has 0 heterocycles. The molecule has 1 aromatic carbocycles. The summed E-state index contributed by atoms with van der Waals surface area (Å²) < 4.78 is 38.7. The third-order valence-corrected chi connectivity index (χ3v) is 3.12. The minimum Gasteiger partial charge on any atom is -0.387 e. The molecule has 9 heteroatoms. The van der Waals surface area contributed by atoms with Crippen molar-refractivity contribution < 1.29 is 18.0 Å². The Morgan fingerprint density at radius 3 is 2.23 bits per heavy atom. The van der Waals surface area contributed by atoms with E-state index in [2.05, 4.69) is 11.9 Å². The molecule has 3 nitrogen and oxygen atoms in total. The summed E-state index contributed by atoms with van der Waals surface area (Å²) >= 11 is 17.3. The van der Waals surface area contributed by atoms with Crippen LogP contribution in [0.4, 0.5) is 18.9 Å². The van der Waals surface area contributed by atoms with Crippen LogP contribution >= 0.6 is 34.8 Å². The van der Waals surface area contributed by atoms with E-state index in [-0.39, 0.29) is 27.3 Å². The van der Waals surface area contributed by atoms with Crippen LogP contribution in [-0.4, -0.2) is 18.6 Å². The van der Waals surface area contributed by atoms with Crippen molar-refractivity contribution in [2.24, 2.45) is 0 Å². The standard InChI is InChI=1S/C13H10Cl3F3N2O/c1-2-3-20-6-8(13(17,18)19)12(22)21-11-9(15)4-7(14)5-10(11)16/h2,4-6,20H,1,3H2,(H,21,22)/b8-6+. The van der Waals surface area contributed by atoms with Gasteiger partial charge < -0.3 is 10.6 Å². The Labute approximate surface area is 139 Å². The van der Waals surface area contributed by atoms with Crippen molar-refractivity contribution in [2.45, 2.75) is 6.18 Å². The van der Waals surface area contributed by atoms with Gasteiger partial charge in [-0.3, -0.25) is 4.79 Å². The molecule has 0 fully saturated rings. The summed E-state index contributed by atoms with van der Waals surface area (Å²) in [6.07, 6.45) is -2.96. The zero-order valence-corrected chi connectivity index (χ0v) is 13.2. The number of rotatable bonds is 5. The van der Waals surface area contributed by atoms with E-state index in [9.17, 15) is 18.0 Å². The van der Waals surface area contributed by atoms with Crippen LogP contribution in [0.1, 0.15) is 0 Å². The summed E-state index contributed by atoms with van der Waals surface area (Å²) in [6.45, 7) is 3.41.